The summed E-state index contributed by atoms with van der Waals surface area (Å²) in [6, 6.07) is 0.292. The molecule has 4 rings (SSSR count). The van der Waals surface area contributed by atoms with Gasteiger partial charge in [0.2, 0.25) is 0 Å². The molecule has 0 spiro atoms. The fourth-order valence-electron chi connectivity index (χ4n) is 5.62. The number of rotatable bonds is 8. The van der Waals surface area contributed by atoms with Crippen molar-refractivity contribution in [2.45, 2.75) is 134 Å². The van der Waals surface area contributed by atoms with Crippen LogP contribution in [-0.2, 0) is 34.1 Å². The molecule has 5 atom stereocenters. The van der Waals surface area contributed by atoms with Crippen LogP contribution in [-0.4, -0.2) is 70.5 Å². The minimum absolute atomic E-state index is 0. The number of azo groups is 1. The van der Waals surface area contributed by atoms with E-state index in [1.54, 1.807) is 20.0 Å². The first-order valence-corrected chi connectivity index (χ1v) is 15.1. The molecule has 11 heteroatoms. The van der Waals surface area contributed by atoms with Gasteiger partial charge in [0.05, 0.1) is 36.2 Å². The number of nitrogens with zero attached hydrogens (tertiary/aromatic N) is 4. The number of allylic oxidation sites excluding steroid dienone is 1. The second-order valence-corrected chi connectivity index (χ2v) is 11.6. The zero-order valence-electron chi connectivity index (χ0n) is 25.1. The van der Waals surface area contributed by atoms with E-state index in [0.717, 1.165) is 63.9 Å². The zero-order valence-corrected chi connectivity index (χ0v) is 26.9. The Kier molecular flexibility index (Phi) is 27.3. The van der Waals surface area contributed by atoms with Crippen LogP contribution in [0.25, 0.3) is 16.8 Å². The first-order chi connectivity index (χ1) is 18.3. The number of aliphatic hydroxyl groups is 4. The van der Waals surface area contributed by atoms with Crippen LogP contribution in [0.1, 0.15) is 104 Å². The third kappa shape index (κ3) is 20.3. The van der Waals surface area contributed by atoms with Gasteiger partial charge in [-0.05, 0) is 76.7 Å². The van der Waals surface area contributed by atoms with Gasteiger partial charge < -0.3 is 37.2 Å². The summed E-state index contributed by atoms with van der Waals surface area (Å²) >= 11 is 0. The van der Waals surface area contributed by atoms with Crippen LogP contribution in [0.15, 0.2) is 34.3 Å². The maximum absolute atomic E-state index is 9.68. The molecule has 0 amide bonds. The number of piperidine rings is 1. The van der Waals surface area contributed by atoms with Crippen molar-refractivity contribution in [1.29, 1.82) is 0 Å². The Morgan fingerprint density at radius 3 is 1.71 bits per heavy atom. The smallest absolute Gasteiger partial charge is 0.693 e. The van der Waals surface area contributed by atoms with Crippen LogP contribution in [0.2, 0.25) is 0 Å². The SMILES string of the molecule is C1=CC(N=NC2CCC[N-]C2)=C[N-]C1.CC(O)CC(O)C1CCCCC1.CC(O)CC(O)C1CCCCC1.[Cu+2].[Cu+].[NH2-]. The number of hydrogen-bond acceptors (Lipinski definition) is 6. The summed E-state index contributed by atoms with van der Waals surface area (Å²) in [4.78, 5) is 0. The first kappa shape index (κ1) is 42.8. The van der Waals surface area contributed by atoms with Crippen molar-refractivity contribution in [3.05, 3.63) is 40.8 Å². The van der Waals surface area contributed by atoms with Gasteiger partial charge in [-0.3, -0.25) is 0 Å². The van der Waals surface area contributed by atoms with E-state index in [2.05, 4.69) is 20.9 Å². The predicted molar refractivity (Wildman–Crippen MR) is 159 cm³/mol. The fourth-order valence-corrected chi connectivity index (χ4v) is 5.62. The molecule has 6 N–H and O–H groups in total. The van der Waals surface area contributed by atoms with E-state index in [4.69, 9.17) is 10.2 Å². The molecule has 0 aromatic rings. The van der Waals surface area contributed by atoms with Gasteiger partial charge in [-0.25, -0.2) is 0 Å². The van der Waals surface area contributed by atoms with Crippen molar-refractivity contribution >= 4 is 0 Å². The normalized spacial score (nSPS) is 24.1. The molecule has 3 fully saturated rings. The molecular formula is C30H56Cu2N5O4. The van der Waals surface area contributed by atoms with Crippen molar-refractivity contribution in [3.63, 3.8) is 0 Å². The van der Waals surface area contributed by atoms with Gasteiger partial charge in [-0.2, -0.15) is 10.2 Å². The summed E-state index contributed by atoms with van der Waals surface area (Å²) in [5.41, 5.74) is 0.849. The van der Waals surface area contributed by atoms with Crippen LogP contribution < -0.4 is 0 Å². The van der Waals surface area contributed by atoms with Gasteiger partial charge in [0.15, 0.2) is 0 Å². The van der Waals surface area contributed by atoms with Crippen molar-refractivity contribution in [1.82, 2.24) is 0 Å². The molecule has 0 aromatic heterocycles. The Bertz CT molecular complexity index is 664. The molecule has 4 aliphatic rings. The maximum atomic E-state index is 9.68. The van der Waals surface area contributed by atoms with Crippen molar-refractivity contribution in [2.75, 3.05) is 19.6 Å². The van der Waals surface area contributed by atoms with Gasteiger partial charge in [0.1, 0.15) is 0 Å². The third-order valence-electron chi connectivity index (χ3n) is 7.81. The Morgan fingerprint density at radius 2 is 1.32 bits per heavy atom. The summed E-state index contributed by atoms with van der Waals surface area (Å²) in [7, 11) is 0. The monoisotopic (exact) mass is 676 g/mol. The summed E-state index contributed by atoms with van der Waals surface area (Å²) < 4.78 is 0. The molecule has 2 heterocycles. The topological polar surface area (TPSA) is 167 Å². The largest absolute Gasteiger partial charge is 2.00 e. The Labute approximate surface area is 270 Å². The molecule has 9 nitrogen and oxygen atoms in total. The van der Waals surface area contributed by atoms with Crippen LogP contribution >= 0.6 is 0 Å². The maximum Gasteiger partial charge on any atom is 2.00 e. The molecular weight excluding hydrogens is 621 g/mol. The van der Waals surface area contributed by atoms with E-state index in [1.165, 1.54) is 38.5 Å². The van der Waals surface area contributed by atoms with E-state index < -0.39 is 0 Å². The van der Waals surface area contributed by atoms with Crippen molar-refractivity contribution in [2.24, 2.45) is 22.1 Å². The van der Waals surface area contributed by atoms with Gasteiger partial charge in [0, 0.05) is 0 Å². The standard InChI is InChI=1S/C10H14N4.2C10H20O2.2Cu.H2N/c1-3-9(7-11-5-1)13-14-10-4-2-6-12-8-10;2*1-8(11)7-10(12)9-5-3-2-4-6-9;;;/h1,3,7,10H,2,4-6,8H2;2*8-12H,2-7H2,1H3;;;1H2/q-2;;;+1;+2;-1. The second-order valence-electron chi connectivity index (χ2n) is 11.6. The summed E-state index contributed by atoms with van der Waals surface area (Å²) in [6.07, 6.45) is 20.0. The molecule has 0 aromatic carbocycles. The minimum atomic E-state index is -0.359. The number of nitrogens with two attached hydrogens (primary N) is 1. The van der Waals surface area contributed by atoms with Crippen LogP contribution in [0.5, 0.6) is 0 Å². The average Bonchev–Trinajstić information content (AvgIpc) is 2.94. The summed E-state index contributed by atoms with van der Waals surface area (Å²) in [6.45, 7) is 6.07. The van der Waals surface area contributed by atoms with Crippen molar-refractivity contribution < 1.29 is 54.6 Å². The van der Waals surface area contributed by atoms with Gasteiger partial charge >= 0.3 is 34.1 Å². The summed E-state index contributed by atoms with van der Waals surface area (Å²) in [5.74, 6) is 0.904. The molecule has 2 saturated carbocycles. The quantitative estimate of drug-likeness (QED) is 0.163. The first-order valence-electron chi connectivity index (χ1n) is 15.1. The van der Waals surface area contributed by atoms with Crippen LogP contribution in [0.3, 0.4) is 0 Å². The number of hydrogen-bond donors (Lipinski definition) is 4. The molecule has 247 valence electrons. The van der Waals surface area contributed by atoms with Gasteiger partial charge in [-0.15, -0.1) is 31.9 Å². The van der Waals surface area contributed by atoms with Crippen LogP contribution in [0, 0.1) is 11.8 Å². The van der Waals surface area contributed by atoms with Crippen LogP contribution in [0.4, 0.5) is 0 Å². The average molecular weight is 678 g/mol. The van der Waals surface area contributed by atoms with Gasteiger partial charge in [-0.1, -0.05) is 44.9 Å². The molecule has 2 aliphatic heterocycles. The number of aliphatic hydroxyl groups excluding tert-OH is 4. The molecule has 0 bridgehead atoms. The minimum Gasteiger partial charge on any atom is -0.693 e. The molecule has 1 saturated heterocycles. The van der Waals surface area contributed by atoms with E-state index in [-0.39, 0.29) is 64.7 Å². The Morgan fingerprint density at radius 1 is 0.805 bits per heavy atom. The zero-order chi connectivity index (χ0) is 27.6. The van der Waals surface area contributed by atoms with E-state index in [9.17, 15) is 10.2 Å². The van der Waals surface area contributed by atoms with Crippen molar-refractivity contribution in [3.8, 4) is 0 Å². The second kappa shape index (κ2) is 26.1. The predicted octanol–water partition coefficient (Wildman–Crippen LogP) is 6.87. The third-order valence-corrected chi connectivity index (χ3v) is 7.81. The molecule has 5 unspecified atom stereocenters. The Balaban J connectivity index is 0. The molecule has 41 heavy (non-hydrogen) atoms. The fraction of sp³-hybridized carbons (Fsp3) is 0.867. The molecule has 2 aliphatic carbocycles. The van der Waals surface area contributed by atoms with Gasteiger partial charge in [0.25, 0.3) is 0 Å². The van der Waals surface area contributed by atoms with E-state index in [0.29, 0.717) is 30.7 Å². The summed E-state index contributed by atoms with van der Waals surface area (Å²) in [5, 5.41) is 54.4. The molecule has 1 radical (unpaired) electrons. The van der Waals surface area contributed by atoms with E-state index in [1.807, 2.05) is 12.2 Å². The Hall–Kier alpha value is -0.321. The van der Waals surface area contributed by atoms with E-state index >= 15 is 0 Å².